The fraction of sp³-hybridized carbons (Fsp3) is 0.632. The van der Waals surface area contributed by atoms with Crippen molar-refractivity contribution in [3.05, 3.63) is 35.9 Å². The van der Waals surface area contributed by atoms with Crippen LogP contribution in [0.5, 0.6) is 0 Å². The number of carbonyl (C=O) groups is 14. The second-order valence-corrected chi connectivity index (χ2v) is 22.8. The van der Waals surface area contributed by atoms with Crippen LogP contribution in [0.15, 0.2) is 35.3 Å². The van der Waals surface area contributed by atoms with E-state index >= 15 is 0 Å². The van der Waals surface area contributed by atoms with Crippen molar-refractivity contribution in [1.29, 1.82) is 0 Å². The summed E-state index contributed by atoms with van der Waals surface area (Å²) in [5, 5.41) is 91.9. The third kappa shape index (κ3) is 31.9. The Morgan fingerprint density at radius 2 is 0.947 bits per heavy atom. The van der Waals surface area contributed by atoms with Gasteiger partial charge >= 0.3 is 5.97 Å². The minimum absolute atomic E-state index is 0.0114. The number of carboxylic acids is 1. The van der Waals surface area contributed by atoms with E-state index in [1.807, 2.05) is 0 Å². The van der Waals surface area contributed by atoms with Crippen LogP contribution in [0.2, 0.25) is 0 Å². The number of aliphatic hydroxyl groups excluding tert-OH is 5. The van der Waals surface area contributed by atoms with E-state index in [-0.39, 0.29) is 63.1 Å². The van der Waals surface area contributed by atoms with Crippen LogP contribution in [0.4, 0.5) is 0 Å². The molecule has 0 aromatic heterocycles. The first-order valence-corrected chi connectivity index (χ1v) is 30.1. The van der Waals surface area contributed by atoms with E-state index in [0.717, 1.165) is 27.7 Å². The maximum atomic E-state index is 14.1. The second kappa shape index (κ2) is 42.9. The summed E-state index contributed by atoms with van der Waals surface area (Å²) in [6.45, 7) is 7.48. The third-order valence-corrected chi connectivity index (χ3v) is 13.7. The highest BCUT2D eigenvalue weighted by atomic mass is 16.4. The maximum Gasteiger partial charge on any atom is 0.303 e. The van der Waals surface area contributed by atoms with Gasteiger partial charge in [0.25, 0.3) is 0 Å². The Hall–Kier alpha value is -9.17. The van der Waals surface area contributed by atoms with Gasteiger partial charge in [0, 0.05) is 38.9 Å². The number of hydrogen-bond acceptors (Lipinski definition) is 21. The molecule has 0 saturated carbocycles. The first kappa shape index (κ1) is 82.8. The molecule has 1 rings (SSSR count). The highest BCUT2D eigenvalue weighted by molar-refractivity contribution is 5.99. The van der Waals surface area contributed by atoms with Crippen molar-refractivity contribution in [2.24, 2.45) is 34.0 Å². The largest absolute Gasteiger partial charge is 0.481 e. The third-order valence-electron chi connectivity index (χ3n) is 13.7. The van der Waals surface area contributed by atoms with Crippen molar-refractivity contribution in [3.8, 4) is 0 Å². The predicted octanol–water partition coefficient (Wildman–Crippen LogP) is -9.85. The Kier molecular flexibility index (Phi) is 37.8. The molecule has 13 amide bonds. The van der Waals surface area contributed by atoms with Crippen molar-refractivity contribution >= 4 is 88.7 Å². The molecule has 0 aliphatic rings. The average molecular weight is 1340 g/mol. The summed E-state index contributed by atoms with van der Waals surface area (Å²) in [5.41, 5.74) is 16.3. The highest BCUT2D eigenvalue weighted by Gasteiger charge is 2.37. The van der Waals surface area contributed by atoms with Crippen molar-refractivity contribution in [2.75, 3.05) is 46.0 Å². The van der Waals surface area contributed by atoms with Crippen LogP contribution in [0.3, 0.4) is 0 Å². The summed E-state index contributed by atoms with van der Waals surface area (Å²) in [4.78, 5) is 187. The lowest BCUT2D eigenvalue weighted by atomic mass is 10.0. The highest BCUT2D eigenvalue weighted by Crippen LogP contribution is 2.11. The zero-order chi connectivity index (χ0) is 71.5. The smallest absolute Gasteiger partial charge is 0.303 e. The molecule has 0 fully saturated rings. The molecule has 13 atom stereocenters. The van der Waals surface area contributed by atoms with E-state index in [4.69, 9.17) is 17.2 Å². The zero-order valence-corrected chi connectivity index (χ0v) is 53.8. The number of nitrogens with two attached hydrogens (primary N) is 3. The number of nitrogens with zero attached hydrogens (tertiary/aromatic N) is 1. The molecule has 0 saturated heterocycles. The van der Waals surface area contributed by atoms with Gasteiger partial charge in [-0.15, -0.1) is 0 Å². The van der Waals surface area contributed by atoms with E-state index < -0.39 is 201 Å². The SMILES string of the molecule is CC(=O)N[C@@H](CCCN=C(N)N)C(=O)N[C@@H](CO)C(=O)N[C@@H](Cc1ccccc1)C(=O)N[C@H](C(=O)N[C@@H](CC(C)C)C(=O)N[C@@H](C)C(=O)N[C@@H](CO)C(=O)N[C@@H](CO)C(=O)N[C@@H](CCC(=O)O)C(=O)N[C@H](C(=O)NCC(=O)N[C@H](CNCC(N)=O)C(C)C)[C@@H](C)O)[C@@H](C)O. The minimum Gasteiger partial charge on any atom is -0.481 e. The van der Waals surface area contributed by atoms with Crippen molar-refractivity contribution in [3.63, 3.8) is 0 Å². The summed E-state index contributed by atoms with van der Waals surface area (Å²) in [6.07, 6.45) is -4.87. The molecular weight excluding hydrogens is 1240 g/mol. The van der Waals surface area contributed by atoms with Gasteiger partial charge in [-0.3, -0.25) is 72.1 Å². The number of carbonyl (C=O) groups excluding carboxylic acids is 13. The summed E-state index contributed by atoms with van der Waals surface area (Å²) in [6, 6.07) is -9.21. The van der Waals surface area contributed by atoms with Gasteiger partial charge in [0.05, 0.1) is 45.1 Å². The molecule has 0 aliphatic carbocycles. The second-order valence-electron chi connectivity index (χ2n) is 22.8. The molecule has 0 unspecified atom stereocenters. The van der Waals surface area contributed by atoms with Gasteiger partial charge in [0.15, 0.2) is 5.96 Å². The zero-order valence-electron chi connectivity index (χ0n) is 53.8. The van der Waals surface area contributed by atoms with Crippen LogP contribution in [0.1, 0.15) is 93.1 Å². The van der Waals surface area contributed by atoms with E-state index in [1.54, 1.807) is 58.0 Å². The van der Waals surface area contributed by atoms with Crippen LogP contribution in [0, 0.1) is 11.8 Å². The standard InChI is InChI=1S/C57H95N17O20/c1-27(2)19-36(69-56(94)46(31(7)79)74-51(89)37(20-33-13-10-9-11-14-33)68-53(91)41(26-77)71-48(86)34(65-32(8)80)15-12-18-62-57(59)60)50(88)64-29(5)47(85)70-39(24-75)54(92)72-40(25-76)52(90)67-35(16-17-44(83)84)49(87)73-45(30(6)78)55(93)63-23-43(82)66-38(28(3)4)21-61-22-42(58)81/h9-11,13-14,27-31,34-41,45-46,61,75-79H,12,15-26H2,1-8H3,(H2,58,81)(H,63,93)(H,64,88)(H,65,80)(H,66,82)(H,67,90)(H,68,91)(H,69,94)(H,70,85)(H,71,86)(H,72,92)(H,73,87)(H,74,89)(H,83,84)(H4,59,60,62)/t29-,30+,31+,34-,35-,36-,37-,38+,39-,40-,41-,45-,46-/m0/s1. The van der Waals surface area contributed by atoms with Gasteiger partial charge in [-0.25, -0.2) is 0 Å². The van der Waals surface area contributed by atoms with Crippen molar-refractivity contribution in [2.45, 2.75) is 173 Å². The summed E-state index contributed by atoms with van der Waals surface area (Å²) >= 11 is 0. The first-order chi connectivity index (χ1) is 44.0. The van der Waals surface area contributed by atoms with Gasteiger partial charge in [-0.1, -0.05) is 58.0 Å². The molecule has 1 aromatic carbocycles. The first-order valence-electron chi connectivity index (χ1n) is 30.1. The summed E-state index contributed by atoms with van der Waals surface area (Å²) in [5.74, 6) is -15.3. The van der Waals surface area contributed by atoms with Gasteiger partial charge in [-0.2, -0.15) is 0 Å². The molecule has 94 heavy (non-hydrogen) atoms. The predicted molar refractivity (Wildman–Crippen MR) is 333 cm³/mol. The number of guanidine groups is 1. The van der Waals surface area contributed by atoms with Crippen LogP contribution in [-0.2, 0) is 73.5 Å². The number of benzene rings is 1. The normalized spacial score (nSPS) is 15.2. The number of rotatable bonds is 44. The Morgan fingerprint density at radius 3 is 1.41 bits per heavy atom. The van der Waals surface area contributed by atoms with Gasteiger partial charge < -0.3 is 117 Å². The van der Waals surface area contributed by atoms with E-state index in [9.17, 15) is 97.8 Å². The summed E-state index contributed by atoms with van der Waals surface area (Å²) < 4.78 is 0. The Labute approximate surface area is 542 Å². The molecule has 37 heteroatoms. The lowest BCUT2D eigenvalue weighted by Crippen LogP contribution is -2.62. The molecule has 1 aromatic rings. The molecule has 37 nitrogen and oxygen atoms in total. The number of nitrogens with one attached hydrogen (secondary N) is 13. The molecular formula is C57H95N17O20. The Bertz CT molecular complexity index is 2750. The van der Waals surface area contributed by atoms with E-state index in [2.05, 4.69) is 74.1 Å². The number of aliphatic imine (C=N–C) groups is 1. The minimum atomic E-state index is -1.97. The summed E-state index contributed by atoms with van der Waals surface area (Å²) in [7, 11) is 0. The van der Waals surface area contributed by atoms with Gasteiger partial charge in [-0.05, 0) is 63.9 Å². The molecule has 0 bridgehead atoms. The molecule has 0 aliphatic heterocycles. The number of aliphatic hydroxyl groups is 5. The topological polar surface area (TPSA) is 607 Å². The Balaban J connectivity index is 3.25. The molecule has 0 radical (unpaired) electrons. The Morgan fingerprint density at radius 1 is 0.500 bits per heavy atom. The molecule has 0 heterocycles. The number of aliphatic carboxylic acids is 1. The van der Waals surface area contributed by atoms with Crippen LogP contribution >= 0.6 is 0 Å². The molecule has 25 N–H and O–H groups in total. The number of hydrogen-bond donors (Lipinski definition) is 22. The van der Waals surface area contributed by atoms with Crippen molar-refractivity contribution in [1.82, 2.24) is 69.1 Å². The van der Waals surface area contributed by atoms with Crippen LogP contribution in [0.25, 0.3) is 0 Å². The lowest BCUT2D eigenvalue weighted by Gasteiger charge is -2.28. The van der Waals surface area contributed by atoms with Gasteiger partial charge in [0.1, 0.15) is 60.4 Å². The monoisotopic (exact) mass is 1340 g/mol. The van der Waals surface area contributed by atoms with Crippen LogP contribution < -0.4 is 86.3 Å². The number of carboxylic acid groups (broad SMARTS) is 1. The van der Waals surface area contributed by atoms with Crippen molar-refractivity contribution < 1.29 is 97.8 Å². The number of primary amides is 1. The fourth-order valence-corrected chi connectivity index (χ4v) is 8.58. The van der Waals surface area contributed by atoms with E-state index in [0.29, 0.717) is 5.56 Å². The van der Waals surface area contributed by atoms with Gasteiger partial charge in [0.2, 0.25) is 76.8 Å². The molecule has 528 valence electrons. The lowest BCUT2D eigenvalue weighted by molar-refractivity contribution is -0.139. The van der Waals surface area contributed by atoms with Crippen LogP contribution in [-0.4, -0.2) is 244 Å². The van der Waals surface area contributed by atoms with E-state index in [1.165, 1.54) is 0 Å². The number of amides is 13. The maximum absolute atomic E-state index is 14.1. The quantitative estimate of drug-likeness (QED) is 0.0164. The molecule has 0 spiro atoms. The fourth-order valence-electron chi connectivity index (χ4n) is 8.58. The average Bonchev–Trinajstić information content (AvgIpc) is 0.928.